The molecule has 0 saturated carbocycles. The van der Waals surface area contributed by atoms with Gasteiger partial charge in [-0.05, 0) is 13.0 Å². The van der Waals surface area contributed by atoms with Gasteiger partial charge in [-0.1, -0.05) is 20.8 Å². The lowest BCUT2D eigenvalue weighted by Gasteiger charge is -2.32. The maximum atomic E-state index is 12.7. The van der Waals surface area contributed by atoms with Crippen molar-refractivity contribution in [1.29, 1.82) is 0 Å². The molecule has 1 aliphatic heterocycles. The number of aryl methyl sites for hydroxylation is 1. The topological polar surface area (TPSA) is 104 Å². The lowest BCUT2D eigenvalue weighted by molar-refractivity contribution is -0.0271. The predicted octanol–water partition coefficient (Wildman–Crippen LogP) is 1.31. The highest BCUT2D eigenvalue weighted by Gasteiger charge is 2.29. The van der Waals surface area contributed by atoms with E-state index in [-0.39, 0.29) is 16.9 Å². The predicted molar refractivity (Wildman–Crippen MR) is 91.5 cm³/mol. The van der Waals surface area contributed by atoms with Gasteiger partial charge in [-0.25, -0.2) is 4.98 Å². The van der Waals surface area contributed by atoms with Crippen molar-refractivity contribution in [3.8, 4) is 0 Å². The van der Waals surface area contributed by atoms with E-state index in [1.165, 1.54) is 6.07 Å². The molecule has 0 aromatic carbocycles. The Labute approximate surface area is 145 Å². The summed E-state index contributed by atoms with van der Waals surface area (Å²) in [5.41, 5.74) is 1.58. The van der Waals surface area contributed by atoms with Gasteiger partial charge in [0, 0.05) is 29.4 Å². The minimum Gasteiger partial charge on any atom is -0.367 e. The first-order chi connectivity index (χ1) is 11.7. The Balaban J connectivity index is 1.78. The fourth-order valence-corrected chi connectivity index (χ4v) is 2.73. The molecule has 0 radical (unpaired) electrons. The highest BCUT2D eigenvalue weighted by atomic mass is 16.5. The molecular formula is C17H23N5O3. The maximum absolute atomic E-state index is 12.7. The summed E-state index contributed by atoms with van der Waals surface area (Å²) in [4.78, 5) is 33.1. The minimum atomic E-state index is -0.452. The molecule has 2 N–H and O–H groups in total. The second-order valence-electron chi connectivity index (χ2n) is 7.30. The fourth-order valence-electron chi connectivity index (χ4n) is 2.73. The van der Waals surface area contributed by atoms with Crippen molar-refractivity contribution in [3.63, 3.8) is 0 Å². The molecule has 1 atom stereocenters. The molecular weight excluding hydrogens is 322 g/mol. The Kier molecular flexibility index (Phi) is 4.47. The summed E-state index contributed by atoms with van der Waals surface area (Å²) in [6.45, 7) is 9.09. The van der Waals surface area contributed by atoms with Crippen molar-refractivity contribution < 1.29 is 9.53 Å². The van der Waals surface area contributed by atoms with E-state index in [9.17, 15) is 9.59 Å². The third-order valence-electron chi connectivity index (χ3n) is 4.15. The van der Waals surface area contributed by atoms with Gasteiger partial charge in [-0.3, -0.25) is 14.7 Å². The number of H-pyrrole nitrogens is 2. The maximum Gasteiger partial charge on any atom is 0.274 e. The second kappa shape index (κ2) is 6.44. The van der Waals surface area contributed by atoms with Gasteiger partial charge in [0.25, 0.3) is 11.5 Å². The van der Waals surface area contributed by atoms with Crippen LogP contribution in [0.25, 0.3) is 0 Å². The zero-order valence-corrected chi connectivity index (χ0v) is 14.9. The van der Waals surface area contributed by atoms with Gasteiger partial charge in [0.15, 0.2) is 0 Å². The highest BCUT2D eigenvalue weighted by Crippen LogP contribution is 2.23. The summed E-state index contributed by atoms with van der Waals surface area (Å²) in [5, 5.41) is 7.09. The smallest absolute Gasteiger partial charge is 0.274 e. The number of amides is 1. The van der Waals surface area contributed by atoms with E-state index in [0.717, 1.165) is 5.69 Å². The molecule has 2 aromatic heterocycles. The van der Waals surface area contributed by atoms with Crippen LogP contribution in [0.1, 0.15) is 54.6 Å². The molecule has 0 spiro atoms. The SMILES string of the molecule is Cc1cc(=O)[nH]c([C@@H]2CN(C(=O)c3cc(C(C)(C)C)[nH]n3)CCO2)n1. The van der Waals surface area contributed by atoms with Crippen molar-refractivity contribution >= 4 is 5.91 Å². The second-order valence-corrected chi connectivity index (χ2v) is 7.30. The monoisotopic (exact) mass is 345 g/mol. The molecule has 8 nitrogen and oxygen atoms in total. The quantitative estimate of drug-likeness (QED) is 0.854. The molecule has 134 valence electrons. The summed E-state index contributed by atoms with van der Waals surface area (Å²) in [7, 11) is 0. The first-order valence-electron chi connectivity index (χ1n) is 8.28. The number of aromatic nitrogens is 4. The molecule has 25 heavy (non-hydrogen) atoms. The molecule has 8 heteroatoms. The van der Waals surface area contributed by atoms with Crippen LogP contribution in [0.4, 0.5) is 0 Å². The largest absolute Gasteiger partial charge is 0.367 e. The summed E-state index contributed by atoms with van der Waals surface area (Å²) in [6, 6.07) is 3.21. The fraction of sp³-hybridized carbons (Fsp3) is 0.529. The van der Waals surface area contributed by atoms with E-state index >= 15 is 0 Å². The molecule has 1 fully saturated rings. The van der Waals surface area contributed by atoms with Crippen molar-refractivity contribution in [2.45, 2.75) is 39.2 Å². The minimum absolute atomic E-state index is 0.107. The van der Waals surface area contributed by atoms with Crippen LogP contribution in [-0.4, -0.2) is 50.7 Å². The summed E-state index contributed by atoms with van der Waals surface area (Å²) in [5.74, 6) is 0.287. The zero-order chi connectivity index (χ0) is 18.2. The van der Waals surface area contributed by atoms with Gasteiger partial charge < -0.3 is 14.6 Å². The number of hydrogen-bond donors (Lipinski definition) is 2. The average Bonchev–Trinajstić information content (AvgIpc) is 3.03. The lowest BCUT2D eigenvalue weighted by Crippen LogP contribution is -2.43. The molecule has 3 heterocycles. The number of nitrogens with zero attached hydrogens (tertiary/aromatic N) is 3. The van der Waals surface area contributed by atoms with Crippen LogP contribution in [0.15, 0.2) is 16.9 Å². The van der Waals surface area contributed by atoms with E-state index in [2.05, 4.69) is 40.9 Å². The lowest BCUT2D eigenvalue weighted by atomic mass is 9.92. The van der Waals surface area contributed by atoms with Gasteiger partial charge in [0.2, 0.25) is 0 Å². The van der Waals surface area contributed by atoms with Crippen LogP contribution in [-0.2, 0) is 10.2 Å². The first kappa shape index (κ1) is 17.3. The molecule has 0 bridgehead atoms. The van der Waals surface area contributed by atoms with Crippen LogP contribution < -0.4 is 5.56 Å². The normalized spacial score (nSPS) is 18.4. The zero-order valence-electron chi connectivity index (χ0n) is 14.9. The summed E-state index contributed by atoms with van der Waals surface area (Å²) < 4.78 is 5.69. The van der Waals surface area contributed by atoms with Crippen LogP contribution in [0.2, 0.25) is 0 Å². The van der Waals surface area contributed by atoms with E-state index in [1.54, 1.807) is 17.9 Å². The van der Waals surface area contributed by atoms with E-state index < -0.39 is 6.10 Å². The molecule has 1 amide bonds. The Morgan fingerprint density at radius 1 is 1.36 bits per heavy atom. The van der Waals surface area contributed by atoms with Crippen LogP contribution in [0, 0.1) is 6.92 Å². The number of rotatable bonds is 2. The van der Waals surface area contributed by atoms with Gasteiger partial charge in [-0.2, -0.15) is 5.10 Å². The molecule has 3 rings (SSSR count). The molecule has 0 unspecified atom stereocenters. The van der Waals surface area contributed by atoms with E-state index in [0.29, 0.717) is 36.9 Å². The van der Waals surface area contributed by atoms with Gasteiger partial charge >= 0.3 is 0 Å². The number of ether oxygens (including phenoxy) is 1. The number of hydrogen-bond acceptors (Lipinski definition) is 5. The number of morpholine rings is 1. The number of nitrogens with one attached hydrogen (secondary N) is 2. The summed E-state index contributed by atoms with van der Waals surface area (Å²) >= 11 is 0. The Hall–Kier alpha value is -2.48. The van der Waals surface area contributed by atoms with Crippen molar-refractivity contribution in [2.75, 3.05) is 19.7 Å². The Bertz CT molecular complexity index is 833. The van der Waals surface area contributed by atoms with Crippen molar-refractivity contribution in [2.24, 2.45) is 0 Å². The third kappa shape index (κ3) is 3.79. The average molecular weight is 345 g/mol. The van der Waals surface area contributed by atoms with Crippen LogP contribution >= 0.6 is 0 Å². The molecule has 0 aliphatic carbocycles. The Morgan fingerprint density at radius 2 is 2.12 bits per heavy atom. The van der Waals surface area contributed by atoms with Gasteiger partial charge in [-0.15, -0.1) is 0 Å². The number of aromatic amines is 2. The van der Waals surface area contributed by atoms with Crippen LogP contribution in [0.3, 0.4) is 0 Å². The number of carbonyl (C=O) groups excluding carboxylic acids is 1. The van der Waals surface area contributed by atoms with Crippen molar-refractivity contribution in [1.82, 2.24) is 25.1 Å². The standard InChI is InChI=1S/C17H23N5O3/c1-10-7-14(23)19-15(18-10)12-9-22(5-6-25-12)16(24)11-8-13(21-20-11)17(2,3)4/h7-8,12H,5-6,9H2,1-4H3,(H,20,21)(H,18,19,23)/t12-/m0/s1. The third-order valence-corrected chi connectivity index (χ3v) is 4.15. The number of carbonyl (C=O) groups is 1. The molecule has 2 aromatic rings. The van der Waals surface area contributed by atoms with Gasteiger partial charge in [0.1, 0.15) is 17.6 Å². The van der Waals surface area contributed by atoms with Gasteiger partial charge in [0.05, 0.1) is 13.2 Å². The first-order valence-corrected chi connectivity index (χ1v) is 8.28. The van der Waals surface area contributed by atoms with E-state index in [1.807, 2.05) is 0 Å². The van der Waals surface area contributed by atoms with Crippen LogP contribution in [0.5, 0.6) is 0 Å². The molecule has 1 saturated heterocycles. The highest BCUT2D eigenvalue weighted by molar-refractivity contribution is 5.92. The summed E-state index contributed by atoms with van der Waals surface area (Å²) in [6.07, 6.45) is -0.452. The van der Waals surface area contributed by atoms with Crippen molar-refractivity contribution in [3.05, 3.63) is 45.4 Å². The molecule has 1 aliphatic rings. The Morgan fingerprint density at radius 3 is 2.76 bits per heavy atom. The van der Waals surface area contributed by atoms with E-state index in [4.69, 9.17) is 4.74 Å².